The number of hydrogen-bond acceptors (Lipinski definition) is 6. The van der Waals surface area contributed by atoms with Crippen LogP contribution in [0.2, 0.25) is 0 Å². The van der Waals surface area contributed by atoms with E-state index in [1.165, 1.54) is 0 Å². The van der Waals surface area contributed by atoms with Crippen LogP contribution >= 0.6 is 0 Å². The summed E-state index contributed by atoms with van der Waals surface area (Å²) in [6.45, 7) is 4.04. The third-order valence-corrected chi connectivity index (χ3v) is 7.94. The van der Waals surface area contributed by atoms with Crippen molar-refractivity contribution in [1.82, 2.24) is 4.90 Å². The smallest absolute Gasteiger partial charge is 0.152 e. The van der Waals surface area contributed by atoms with E-state index >= 15 is 0 Å². The minimum absolute atomic E-state index is 0.183. The van der Waals surface area contributed by atoms with E-state index in [2.05, 4.69) is 15.9 Å². The highest BCUT2D eigenvalue weighted by Gasteiger charge is 2.44. The highest BCUT2D eigenvalue weighted by Crippen LogP contribution is 2.33. The van der Waals surface area contributed by atoms with Gasteiger partial charge in [0.2, 0.25) is 0 Å². The van der Waals surface area contributed by atoms with E-state index in [9.17, 15) is 13.5 Å². The molecule has 2 aliphatic rings. The van der Waals surface area contributed by atoms with Gasteiger partial charge in [0.05, 0.1) is 24.2 Å². The maximum absolute atomic E-state index is 11.9. The zero-order valence-corrected chi connectivity index (χ0v) is 16.8. The minimum atomic E-state index is -2.95. The molecule has 6 nitrogen and oxygen atoms in total. The Hall–Kier alpha value is -1.31. The molecule has 3 rings (SSSR count). The lowest BCUT2D eigenvalue weighted by atomic mass is 9.88. The van der Waals surface area contributed by atoms with E-state index in [-0.39, 0.29) is 17.0 Å². The zero-order chi connectivity index (χ0) is 19.0. The number of hydrogen-bond donors (Lipinski definition) is 1. The van der Waals surface area contributed by atoms with Crippen molar-refractivity contribution in [2.45, 2.75) is 37.3 Å². The first kappa shape index (κ1) is 19.5. The summed E-state index contributed by atoms with van der Waals surface area (Å²) in [7, 11) is 0.644. The number of rotatable bonds is 5. The quantitative estimate of drug-likeness (QED) is 0.833. The summed E-state index contributed by atoms with van der Waals surface area (Å²) in [6, 6.07) is 7.98. The first-order chi connectivity index (χ1) is 12.1. The molecule has 2 heterocycles. The normalized spacial score (nSPS) is 27.7. The SMILES string of the molecule is COc1cccc(N2CCC(O)(CN(C)C3(C)CCS(=O)(=O)C3)CC2)c1. The van der Waals surface area contributed by atoms with E-state index < -0.39 is 15.4 Å². The maximum Gasteiger partial charge on any atom is 0.152 e. The molecule has 2 fully saturated rings. The Kier molecular flexibility index (Phi) is 5.25. The number of anilines is 1. The molecule has 0 aliphatic carbocycles. The van der Waals surface area contributed by atoms with Crippen molar-refractivity contribution in [3.8, 4) is 5.75 Å². The van der Waals surface area contributed by atoms with Crippen LogP contribution < -0.4 is 9.64 Å². The standard InChI is InChI=1S/C19H30N2O4S/c1-18(9-12-26(23,24)15-18)20(2)14-19(22)7-10-21(11-8-19)16-5-4-6-17(13-16)25-3/h4-6,13,22H,7-12,14-15H2,1-3H3. The summed E-state index contributed by atoms with van der Waals surface area (Å²) < 4.78 is 29.0. The first-order valence-electron chi connectivity index (χ1n) is 9.18. The zero-order valence-electron chi connectivity index (χ0n) is 15.9. The predicted octanol–water partition coefficient (Wildman–Crippen LogP) is 1.54. The van der Waals surface area contributed by atoms with E-state index in [0.717, 1.165) is 24.5 Å². The number of nitrogens with zero attached hydrogens (tertiary/aromatic N) is 2. The van der Waals surface area contributed by atoms with Crippen molar-refractivity contribution < 1.29 is 18.3 Å². The molecule has 1 N–H and O–H groups in total. The van der Waals surface area contributed by atoms with Gasteiger partial charge >= 0.3 is 0 Å². The molecule has 2 aliphatic heterocycles. The van der Waals surface area contributed by atoms with Crippen LogP contribution in [0.5, 0.6) is 5.75 Å². The van der Waals surface area contributed by atoms with Gasteiger partial charge in [0.15, 0.2) is 9.84 Å². The number of likely N-dealkylation sites (N-methyl/N-ethyl adjacent to an activating group) is 1. The number of sulfone groups is 1. The van der Waals surface area contributed by atoms with Crippen LogP contribution in [0.1, 0.15) is 26.2 Å². The minimum Gasteiger partial charge on any atom is -0.497 e. The highest BCUT2D eigenvalue weighted by molar-refractivity contribution is 7.91. The van der Waals surface area contributed by atoms with Gasteiger partial charge in [0, 0.05) is 36.9 Å². The number of methoxy groups -OCH3 is 1. The van der Waals surface area contributed by atoms with Crippen LogP contribution in [0.25, 0.3) is 0 Å². The van der Waals surface area contributed by atoms with Crippen molar-refractivity contribution in [3.05, 3.63) is 24.3 Å². The second kappa shape index (κ2) is 7.02. The molecule has 0 aromatic heterocycles. The summed E-state index contributed by atoms with van der Waals surface area (Å²) in [5, 5.41) is 11.1. The average molecular weight is 383 g/mol. The van der Waals surface area contributed by atoms with Crippen LogP contribution in [-0.2, 0) is 9.84 Å². The van der Waals surface area contributed by atoms with Gasteiger partial charge in [0.25, 0.3) is 0 Å². The van der Waals surface area contributed by atoms with Gasteiger partial charge in [-0.2, -0.15) is 0 Å². The van der Waals surface area contributed by atoms with Crippen molar-refractivity contribution in [1.29, 1.82) is 0 Å². The van der Waals surface area contributed by atoms with Crippen LogP contribution in [0.3, 0.4) is 0 Å². The van der Waals surface area contributed by atoms with Gasteiger partial charge in [-0.25, -0.2) is 8.42 Å². The monoisotopic (exact) mass is 382 g/mol. The lowest BCUT2D eigenvalue weighted by molar-refractivity contribution is -0.0312. The van der Waals surface area contributed by atoms with Gasteiger partial charge in [-0.1, -0.05) is 6.07 Å². The lowest BCUT2D eigenvalue weighted by Gasteiger charge is -2.44. The molecule has 0 saturated carbocycles. The molecule has 0 radical (unpaired) electrons. The Bertz CT molecular complexity index is 744. The highest BCUT2D eigenvalue weighted by atomic mass is 32.2. The average Bonchev–Trinajstić information content (AvgIpc) is 2.90. The molecular weight excluding hydrogens is 352 g/mol. The Balaban J connectivity index is 1.61. The van der Waals surface area contributed by atoms with Gasteiger partial charge in [-0.15, -0.1) is 0 Å². The third-order valence-electron chi connectivity index (χ3n) is 6.05. The molecule has 26 heavy (non-hydrogen) atoms. The molecule has 7 heteroatoms. The molecule has 0 spiro atoms. The van der Waals surface area contributed by atoms with E-state index in [0.29, 0.717) is 25.8 Å². The second-order valence-electron chi connectivity index (χ2n) is 8.11. The largest absolute Gasteiger partial charge is 0.497 e. The Morgan fingerprint density at radius 1 is 1.27 bits per heavy atom. The molecule has 1 aromatic rings. The van der Waals surface area contributed by atoms with Gasteiger partial charge < -0.3 is 14.7 Å². The number of ether oxygens (including phenoxy) is 1. The fraction of sp³-hybridized carbons (Fsp3) is 0.684. The molecule has 146 valence electrons. The van der Waals surface area contributed by atoms with Gasteiger partial charge in [-0.3, -0.25) is 4.90 Å². The van der Waals surface area contributed by atoms with Crippen LogP contribution in [0.4, 0.5) is 5.69 Å². The van der Waals surface area contributed by atoms with Crippen molar-refractivity contribution in [2.75, 3.05) is 50.2 Å². The summed E-state index contributed by atoms with van der Waals surface area (Å²) in [6.07, 6.45) is 1.96. The van der Waals surface area contributed by atoms with Crippen LogP contribution in [0.15, 0.2) is 24.3 Å². The Morgan fingerprint density at radius 3 is 2.54 bits per heavy atom. The second-order valence-corrected chi connectivity index (χ2v) is 10.3. The number of piperidine rings is 1. The predicted molar refractivity (Wildman–Crippen MR) is 104 cm³/mol. The molecule has 1 unspecified atom stereocenters. The summed E-state index contributed by atoms with van der Waals surface area (Å²) in [5.74, 6) is 1.26. The number of benzene rings is 1. The van der Waals surface area contributed by atoms with Crippen molar-refractivity contribution in [3.63, 3.8) is 0 Å². The van der Waals surface area contributed by atoms with Gasteiger partial charge in [-0.05, 0) is 45.4 Å². The molecular formula is C19H30N2O4S. The first-order valence-corrected chi connectivity index (χ1v) is 11.0. The fourth-order valence-corrected chi connectivity index (χ4v) is 6.28. The summed E-state index contributed by atoms with van der Waals surface area (Å²) in [5.41, 5.74) is -0.0496. The topological polar surface area (TPSA) is 70.1 Å². The molecule has 1 atom stereocenters. The molecule has 0 bridgehead atoms. The van der Waals surface area contributed by atoms with E-state index in [1.807, 2.05) is 32.2 Å². The van der Waals surface area contributed by atoms with E-state index in [4.69, 9.17) is 4.74 Å². The van der Waals surface area contributed by atoms with Crippen molar-refractivity contribution in [2.24, 2.45) is 0 Å². The van der Waals surface area contributed by atoms with E-state index in [1.54, 1.807) is 7.11 Å². The molecule has 0 amide bonds. The van der Waals surface area contributed by atoms with Gasteiger partial charge in [0.1, 0.15) is 5.75 Å². The summed E-state index contributed by atoms with van der Waals surface area (Å²) >= 11 is 0. The Morgan fingerprint density at radius 2 is 1.96 bits per heavy atom. The molecule has 1 aromatic carbocycles. The number of β-amino-alcohol motifs (C(OH)–C–C–N with tert-alkyl or cyclic N) is 1. The maximum atomic E-state index is 11.9. The lowest BCUT2D eigenvalue weighted by Crippen LogP contribution is -2.55. The Labute approximate surface area is 156 Å². The number of aliphatic hydroxyl groups is 1. The van der Waals surface area contributed by atoms with Crippen LogP contribution in [0, 0.1) is 0 Å². The van der Waals surface area contributed by atoms with Crippen molar-refractivity contribution >= 4 is 15.5 Å². The fourth-order valence-electron chi connectivity index (χ4n) is 4.07. The van der Waals surface area contributed by atoms with Crippen LogP contribution in [-0.4, -0.2) is 74.9 Å². The summed E-state index contributed by atoms with van der Waals surface area (Å²) in [4.78, 5) is 4.32. The third kappa shape index (κ3) is 4.15. The molecule has 2 saturated heterocycles.